The normalized spacial score (nSPS) is 26.3. The Balaban J connectivity index is 1.57. The van der Waals surface area contributed by atoms with Crippen LogP contribution >= 0.6 is 0 Å². The maximum absolute atomic E-state index is 13.6. The Bertz CT molecular complexity index is 585. The van der Waals surface area contributed by atoms with Crippen molar-refractivity contribution >= 4 is 6.09 Å². The molecule has 2 bridgehead atoms. The molecular weight excluding hydrogens is 309 g/mol. The average molecular weight is 335 g/mol. The Morgan fingerprint density at radius 3 is 2.42 bits per heavy atom. The molecule has 132 valence electrons. The quantitative estimate of drug-likeness (QED) is 0.823. The first kappa shape index (κ1) is 17.1. The molecule has 0 radical (unpaired) electrons. The van der Waals surface area contributed by atoms with Gasteiger partial charge in [-0.05, 0) is 64.5 Å². The Hall–Kier alpha value is -1.78. The Morgan fingerprint density at radius 2 is 1.83 bits per heavy atom. The number of para-hydroxylation sites is 1. The van der Waals surface area contributed by atoms with E-state index in [4.69, 9.17) is 9.47 Å². The molecule has 3 rings (SSSR count). The van der Waals surface area contributed by atoms with E-state index in [1.54, 1.807) is 18.2 Å². The molecule has 4 nitrogen and oxygen atoms in total. The molecule has 2 aliphatic heterocycles. The van der Waals surface area contributed by atoms with Gasteiger partial charge in [-0.1, -0.05) is 12.1 Å². The van der Waals surface area contributed by atoms with E-state index in [1.165, 1.54) is 6.07 Å². The molecule has 2 aliphatic rings. The standard InChI is InChI=1S/C19H26FNO3/c1-19(2,3)24-18(22)21-14-8-9-15(21)11-13(10-14)12-23-17-7-5-4-6-16(17)20/h4-7,13-15H,8-12H2,1-3H3/t13?,14-,15+. The van der Waals surface area contributed by atoms with Gasteiger partial charge in [0.15, 0.2) is 11.6 Å². The number of nitrogens with zero attached hydrogens (tertiary/aromatic N) is 1. The van der Waals surface area contributed by atoms with E-state index in [-0.39, 0.29) is 24.0 Å². The number of piperidine rings is 1. The topological polar surface area (TPSA) is 38.8 Å². The third kappa shape index (κ3) is 3.82. The van der Waals surface area contributed by atoms with Crippen molar-refractivity contribution in [3.05, 3.63) is 30.1 Å². The maximum atomic E-state index is 13.6. The van der Waals surface area contributed by atoms with Crippen LogP contribution in [0.4, 0.5) is 9.18 Å². The van der Waals surface area contributed by atoms with Crippen LogP contribution in [-0.2, 0) is 4.74 Å². The zero-order valence-electron chi connectivity index (χ0n) is 14.6. The van der Waals surface area contributed by atoms with Gasteiger partial charge in [0, 0.05) is 12.1 Å². The lowest BCUT2D eigenvalue weighted by Crippen LogP contribution is -2.49. The zero-order chi connectivity index (χ0) is 17.3. The molecule has 0 spiro atoms. The molecule has 5 heteroatoms. The van der Waals surface area contributed by atoms with Crippen molar-refractivity contribution in [2.45, 2.75) is 64.1 Å². The van der Waals surface area contributed by atoms with E-state index in [9.17, 15) is 9.18 Å². The molecule has 0 aliphatic carbocycles. The number of benzene rings is 1. The molecule has 2 fully saturated rings. The monoisotopic (exact) mass is 335 g/mol. The first-order chi connectivity index (χ1) is 11.3. The van der Waals surface area contributed by atoms with Crippen molar-refractivity contribution < 1.29 is 18.7 Å². The number of amides is 1. The molecule has 1 aromatic carbocycles. The lowest BCUT2D eigenvalue weighted by Gasteiger charge is -2.39. The third-order valence-corrected chi connectivity index (χ3v) is 4.75. The highest BCUT2D eigenvalue weighted by atomic mass is 19.1. The molecule has 1 unspecified atom stereocenters. The Labute approximate surface area is 142 Å². The Morgan fingerprint density at radius 1 is 1.21 bits per heavy atom. The van der Waals surface area contributed by atoms with Crippen LogP contribution in [-0.4, -0.2) is 35.3 Å². The number of ether oxygens (including phenoxy) is 2. The van der Waals surface area contributed by atoms with E-state index in [0.717, 1.165) is 25.7 Å². The van der Waals surface area contributed by atoms with Crippen molar-refractivity contribution in [3.8, 4) is 5.75 Å². The van der Waals surface area contributed by atoms with Gasteiger partial charge in [-0.2, -0.15) is 0 Å². The van der Waals surface area contributed by atoms with E-state index in [0.29, 0.717) is 18.3 Å². The SMILES string of the molecule is CC(C)(C)OC(=O)N1[C@@H]2CC[C@H]1CC(COc1ccccc1F)C2. The van der Waals surface area contributed by atoms with Gasteiger partial charge in [-0.3, -0.25) is 0 Å². The fourth-order valence-electron chi connectivity index (χ4n) is 3.81. The summed E-state index contributed by atoms with van der Waals surface area (Å²) in [6.45, 7) is 6.17. The van der Waals surface area contributed by atoms with E-state index >= 15 is 0 Å². The molecule has 3 atom stereocenters. The first-order valence-electron chi connectivity index (χ1n) is 8.72. The largest absolute Gasteiger partial charge is 0.490 e. The van der Waals surface area contributed by atoms with Crippen LogP contribution in [0.5, 0.6) is 5.75 Å². The van der Waals surface area contributed by atoms with Gasteiger partial charge in [0.05, 0.1) is 6.61 Å². The smallest absolute Gasteiger partial charge is 0.410 e. The summed E-state index contributed by atoms with van der Waals surface area (Å²) >= 11 is 0. The highest BCUT2D eigenvalue weighted by Crippen LogP contribution is 2.39. The molecule has 0 aromatic heterocycles. The van der Waals surface area contributed by atoms with Gasteiger partial charge in [-0.25, -0.2) is 9.18 Å². The second kappa shape index (κ2) is 6.61. The van der Waals surface area contributed by atoms with Gasteiger partial charge in [-0.15, -0.1) is 0 Å². The fraction of sp³-hybridized carbons (Fsp3) is 0.632. The molecule has 0 N–H and O–H groups in total. The second-order valence-corrected chi connectivity index (χ2v) is 7.85. The van der Waals surface area contributed by atoms with Crippen molar-refractivity contribution in [3.63, 3.8) is 0 Å². The van der Waals surface area contributed by atoms with Gasteiger partial charge >= 0.3 is 6.09 Å². The molecule has 1 amide bonds. The molecule has 24 heavy (non-hydrogen) atoms. The van der Waals surface area contributed by atoms with Crippen LogP contribution in [0.15, 0.2) is 24.3 Å². The third-order valence-electron chi connectivity index (χ3n) is 4.75. The van der Waals surface area contributed by atoms with Gasteiger partial charge < -0.3 is 14.4 Å². The summed E-state index contributed by atoms with van der Waals surface area (Å²) in [4.78, 5) is 14.3. The van der Waals surface area contributed by atoms with Crippen LogP contribution in [0.2, 0.25) is 0 Å². The summed E-state index contributed by atoms with van der Waals surface area (Å²) < 4.78 is 24.9. The lowest BCUT2D eigenvalue weighted by atomic mass is 9.91. The number of hydrogen-bond acceptors (Lipinski definition) is 3. The predicted molar refractivity (Wildman–Crippen MR) is 89.5 cm³/mol. The highest BCUT2D eigenvalue weighted by molar-refractivity contribution is 5.69. The second-order valence-electron chi connectivity index (χ2n) is 7.85. The fourth-order valence-corrected chi connectivity index (χ4v) is 3.81. The van der Waals surface area contributed by atoms with Crippen molar-refractivity contribution in [1.82, 2.24) is 4.90 Å². The van der Waals surface area contributed by atoms with Gasteiger partial charge in [0.2, 0.25) is 0 Å². The van der Waals surface area contributed by atoms with Crippen LogP contribution in [0.3, 0.4) is 0 Å². The van der Waals surface area contributed by atoms with Crippen molar-refractivity contribution in [2.75, 3.05) is 6.61 Å². The van der Waals surface area contributed by atoms with Gasteiger partial charge in [0.1, 0.15) is 5.60 Å². The predicted octanol–water partition coefficient (Wildman–Crippen LogP) is 4.38. The summed E-state index contributed by atoms with van der Waals surface area (Å²) in [6.07, 6.45) is 3.61. The van der Waals surface area contributed by atoms with Crippen LogP contribution in [0.25, 0.3) is 0 Å². The van der Waals surface area contributed by atoms with Crippen molar-refractivity contribution in [2.24, 2.45) is 5.92 Å². The summed E-state index contributed by atoms with van der Waals surface area (Å²) in [5, 5.41) is 0. The number of rotatable bonds is 3. The molecule has 2 heterocycles. The molecule has 1 aromatic rings. The Kier molecular flexibility index (Phi) is 4.70. The minimum Gasteiger partial charge on any atom is -0.490 e. The summed E-state index contributed by atoms with van der Waals surface area (Å²) in [5.74, 6) is 0.326. The average Bonchev–Trinajstić information content (AvgIpc) is 2.76. The number of carbonyl (C=O) groups excluding carboxylic acids is 1. The van der Waals surface area contributed by atoms with E-state index in [1.807, 2.05) is 25.7 Å². The summed E-state index contributed by atoms with van der Waals surface area (Å²) in [5.41, 5.74) is -0.471. The maximum Gasteiger partial charge on any atom is 0.410 e. The zero-order valence-corrected chi connectivity index (χ0v) is 14.6. The van der Waals surface area contributed by atoms with Gasteiger partial charge in [0.25, 0.3) is 0 Å². The number of hydrogen-bond donors (Lipinski definition) is 0. The summed E-state index contributed by atoms with van der Waals surface area (Å²) in [6, 6.07) is 6.92. The minimum atomic E-state index is -0.471. The van der Waals surface area contributed by atoms with Crippen LogP contribution in [0, 0.1) is 11.7 Å². The van der Waals surface area contributed by atoms with E-state index in [2.05, 4.69) is 0 Å². The molecule has 0 saturated carbocycles. The van der Waals surface area contributed by atoms with E-state index < -0.39 is 5.60 Å². The minimum absolute atomic E-state index is 0.205. The van der Waals surface area contributed by atoms with Crippen LogP contribution < -0.4 is 4.74 Å². The summed E-state index contributed by atoms with van der Waals surface area (Å²) in [7, 11) is 0. The van der Waals surface area contributed by atoms with Crippen LogP contribution in [0.1, 0.15) is 46.5 Å². The number of fused-ring (bicyclic) bond motifs is 2. The number of halogens is 1. The van der Waals surface area contributed by atoms with Crippen molar-refractivity contribution in [1.29, 1.82) is 0 Å². The first-order valence-corrected chi connectivity index (χ1v) is 8.72. The lowest BCUT2D eigenvalue weighted by molar-refractivity contribution is -0.00104. The molecular formula is C19H26FNO3. The highest BCUT2D eigenvalue weighted by Gasteiger charge is 2.44. The molecule has 2 saturated heterocycles. The number of carbonyl (C=O) groups is 1.